The van der Waals surface area contributed by atoms with Gasteiger partial charge in [-0.2, -0.15) is 0 Å². The van der Waals surface area contributed by atoms with Gasteiger partial charge in [0, 0.05) is 24.8 Å². The highest BCUT2D eigenvalue weighted by molar-refractivity contribution is 5.24. The summed E-state index contributed by atoms with van der Waals surface area (Å²) in [5.74, 6) is 0.281. The van der Waals surface area contributed by atoms with Crippen LogP contribution in [0.3, 0.4) is 0 Å². The summed E-state index contributed by atoms with van der Waals surface area (Å²) in [5.41, 5.74) is 0.750. The van der Waals surface area contributed by atoms with Gasteiger partial charge in [-0.1, -0.05) is 0 Å². The van der Waals surface area contributed by atoms with Gasteiger partial charge in [-0.15, -0.1) is 0 Å². The third-order valence-corrected chi connectivity index (χ3v) is 2.53. The first kappa shape index (κ1) is 12.0. The Morgan fingerprint density at radius 1 is 1.27 bits per heavy atom. The summed E-state index contributed by atoms with van der Waals surface area (Å²) in [5, 5.41) is 9.63. The Bertz CT molecular complexity index is 302. The molecule has 1 aromatic heterocycles. The molecule has 0 amide bonds. The van der Waals surface area contributed by atoms with Crippen LogP contribution >= 0.6 is 0 Å². The first-order valence-corrected chi connectivity index (χ1v) is 5.41. The molecule has 84 valence electrons. The largest absolute Gasteiger partial charge is 0.506 e. The molecule has 1 aromatic rings. The molecule has 0 atom stereocenters. The lowest BCUT2D eigenvalue weighted by Gasteiger charge is -2.30. The summed E-state index contributed by atoms with van der Waals surface area (Å²) in [4.78, 5) is 6.48. The van der Waals surface area contributed by atoms with E-state index in [1.807, 2.05) is 0 Å². The van der Waals surface area contributed by atoms with Crippen molar-refractivity contribution in [3.05, 3.63) is 24.0 Å². The second-order valence-corrected chi connectivity index (χ2v) is 4.33. The van der Waals surface area contributed by atoms with Gasteiger partial charge in [0.05, 0.1) is 5.69 Å². The van der Waals surface area contributed by atoms with Crippen LogP contribution in [0.2, 0.25) is 0 Å². The maximum Gasteiger partial charge on any atom is 0.138 e. The Morgan fingerprint density at radius 2 is 1.87 bits per heavy atom. The predicted octanol–water partition coefficient (Wildman–Crippen LogP) is 2.41. The van der Waals surface area contributed by atoms with Gasteiger partial charge in [0.15, 0.2) is 0 Å². The monoisotopic (exact) mass is 208 g/mol. The summed E-state index contributed by atoms with van der Waals surface area (Å²) in [6.45, 7) is 9.31. The van der Waals surface area contributed by atoms with Crippen molar-refractivity contribution < 1.29 is 5.11 Å². The second-order valence-electron chi connectivity index (χ2n) is 4.33. The van der Waals surface area contributed by atoms with Crippen molar-refractivity contribution in [2.45, 2.75) is 46.3 Å². The fraction of sp³-hybridized carbons (Fsp3) is 0.583. The smallest absolute Gasteiger partial charge is 0.138 e. The summed E-state index contributed by atoms with van der Waals surface area (Å²) in [7, 11) is 0. The van der Waals surface area contributed by atoms with Crippen LogP contribution in [-0.2, 0) is 6.54 Å². The van der Waals surface area contributed by atoms with E-state index in [0.29, 0.717) is 18.6 Å². The molecule has 0 aromatic carbocycles. The van der Waals surface area contributed by atoms with Gasteiger partial charge in [0.1, 0.15) is 5.75 Å². The van der Waals surface area contributed by atoms with E-state index in [1.54, 1.807) is 18.3 Å². The minimum atomic E-state index is 0.281. The van der Waals surface area contributed by atoms with Crippen molar-refractivity contribution in [1.82, 2.24) is 9.88 Å². The van der Waals surface area contributed by atoms with Gasteiger partial charge in [-0.05, 0) is 39.8 Å². The predicted molar refractivity (Wildman–Crippen MR) is 61.7 cm³/mol. The van der Waals surface area contributed by atoms with E-state index in [2.05, 4.69) is 37.6 Å². The van der Waals surface area contributed by atoms with Gasteiger partial charge in [-0.25, -0.2) is 0 Å². The van der Waals surface area contributed by atoms with Gasteiger partial charge >= 0.3 is 0 Å². The van der Waals surface area contributed by atoms with E-state index in [1.165, 1.54) is 0 Å². The highest BCUT2D eigenvalue weighted by Crippen LogP contribution is 2.17. The molecule has 0 aliphatic rings. The number of aromatic nitrogens is 1. The number of hydrogen-bond acceptors (Lipinski definition) is 3. The first-order chi connectivity index (χ1) is 7.02. The molecule has 15 heavy (non-hydrogen) atoms. The second kappa shape index (κ2) is 5.12. The summed E-state index contributed by atoms with van der Waals surface area (Å²) in [6.07, 6.45) is 1.72. The zero-order valence-corrected chi connectivity index (χ0v) is 9.94. The van der Waals surface area contributed by atoms with Crippen LogP contribution in [0.1, 0.15) is 33.4 Å². The molecule has 0 radical (unpaired) electrons. The third-order valence-electron chi connectivity index (χ3n) is 2.53. The normalized spacial score (nSPS) is 11.7. The van der Waals surface area contributed by atoms with Gasteiger partial charge < -0.3 is 5.11 Å². The fourth-order valence-electron chi connectivity index (χ4n) is 1.69. The molecule has 1 rings (SSSR count). The van der Waals surface area contributed by atoms with Crippen LogP contribution in [-0.4, -0.2) is 27.1 Å². The van der Waals surface area contributed by atoms with Crippen LogP contribution in [0.15, 0.2) is 18.3 Å². The topological polar surface area (TPSA) is 36.4 Å². The molecule has 0 spiro atoms. The number of rotatable bonds is 4. The first-order valence-electron chi connectivity index (χ1n) is 5.41. The molecule has 0 unspecified atom stereocenters. The number of pyridine rings is 1. The van der Waals surface area contributed by atoms with Crippen molar-refractivity contribution in [2.24, 2.45) is 0 Å². The SMILES string of the molecule is CC(C)N(Cc1ncccc1O)C(C)C. The van der Waals surface area contributed by atoms with E-state index in [4.69, 9.17) is 0 Å². The van der Waals surface area contributed by atoms with E-state index >= 15 is 0 Å². The van der Waals surface area contributed by atoms with Gasteiger partial charge in [0.25, 0.3) is 0 Å². The van der Waals surface area contributed by atoms with Gasteiger partial charge in [0.2, 0.25) is 0 Å². The van der Waals surface area contributed by atoms with Crippen LogP contribution in [0.5, 0.6) is 5.75 Å². The number of aromatic hydroxyl groups is 1. The molecule has 0 bridgehead atoms. The molecule has 3 nitrogen and oxygen atoms in total. The maximum atomic E-state index is 9.63. The van der Waals surface area contributed by atoms with E-state index in [-0.39, 0.29) is 5.75 Å². The fourth-order valence-corrected chi connectivity index (χ4v) is 1.69. The lowest BCUT2D eigenvalue weighted by Crippen LogP contribution is -2.36. The molecular weight excluding hydrogens is 188 g/mol. The van der Waals surface area contributed by atoms with Crippen LogP contribution < -0.4 is 0 Å². The van der Waals surface area contributed by atoms with Crippen molar-refractivity contribution in [3.8, 4) is 5.75 Å². The quantitative estimate of drug-likeness (QED) is 0.825. The molecule has 0 aliphatic heterocycles. The highest BCUT2D eigenvalue weighted by Gasteiger charge is 2.15. The van der Waals surface area contributed by atoms with Crippen LogP contribution in [0.25, 0.3) is 0 Å². The third kappa shape index (κ3) is 3.20. The highest BCUT2D eigenvalue weighted by atomic mass is 16.3. The average molecular weight is 208 g/mol. The van der Waals surface area contributed by atoms with Crippen LogP contribution in [0.4, 0.5) is 0 Å². The Hall–Kier alpha value is -1.09. The molecule has 1 heterocycles. The van der Waals surface area contributed by atoms with Crippen molar-refractivity contribution in [2.75, 3.05) is 0 Å². The Morgan fingerprint density at radius 3 is 2.33 bits per heavy atom. The zero-order valence-electron chi connectivity index (χ0n) is 9.94. The average Bonchev–Trinajstić information content (AvgIpc) is 2.15. The molecule has 0 saturated heterocycles. The van der Waals surface area contributed by atoms with Crippen molar-refractivity contribution in [1.29, 1.82) is 0 Å². The minimum Gasteiger partial charge on any atom is -0.506 e. The van der Waals surface area contributed by atoms with E-state index in [9.17, 15) is 5.11 Å². The molecule has 1 N–H and O–H groups in total. The summed E-state index contributed by atoms with van der Waals surface area (Å²) in [6, 6.07) is 4.33. The lowest BCUT2D eigenvalue weighted by atomic mass is 10.2. The Labute approximate surface area is 91.8 Å². The Kier molecular flexibility index (Phi) is 4.09. The Balaban J connectivity index is 2.79. The van der Waals surface area contributed by atoms with Crippen molar-refractivity contribution in [3.63, 3.8) is 0 Å². The molecule has 0 saturated carbocycles. The summed E-state index contributed by atoms with van der Waals surface area (Å²) >= 11 is 0. The number of hydrogen-bond donors (Lipinski definition) is 1. The number of nitrogens with zero attached hydrogens (tertiary/aromatic N) is 2. The van der Waals surface area contributed by atoms with Gasteiger partial charge in [-0.3, -0.25) is 9.88 Å². The standard InChI is InChI=1S/C12H20N2O/c1-9(2)14(10(3)4)8-11-12(15)6-5-7-13-11/h5-7,9-10,15H,8H2,1-4H3. The molecular formula is C12H20N2O. The molecule has 3 heteroatoms. The van der Waals surface area contributed by atoms with Crippen molar-refractivity contribution >= 4 is 0 Å². The zero-order chi connectivity index (χ0) is 11.4. The molecule has 0 fully saturated rings. The van der Waals surface area contributed by atoms with Crippen LogP contribution in [0, 0.1) is 0 Å². The van der Waals surface area contributed by atoms with E-state index in [0.717, 1.165) is 5.69 Å². The van der Waals surface area contributed by atoms with E-state index < -0.39 is 0 Å². The maximum absolute atomic E-state index is 9.63. The molecule has 0 aliphatic carbocycles. The summed E-state index contributed by atoms with van der Waals surface area (Å²) < 4.78 is 0. The minimum absolute atomic E-state index is 0.281. The lowest BCUT2D eigenvalue weighted by molar-refractivity contribution is 0.162.